The molecule has 0 unspecified atom stereocenters. The number of nitrogens with zero attached hydrogens (tertiary/aromatic N) is 3. The lowest BCUT2D eigenvalue weighted by atomic mass is 9.94. The van der Waals surface area contributed by atoms with Gasteiger partial charge >= 0.3 is 6.09 Å². The fraction of sp³-hybridized carbons (Fsp3) is 0.273. The van der Waals surface area contributed by atoms with Gasteiger partial charge in [-0.05, 0) is 100 Å². The maximum atomic E-state index is 13.3. The number of hydrogen-bond donors (Lipinski definition) is 3. The molecule has 43 heavy (non-hydrogen) atoms. The van der Waals surface area contributed by atoms with Crippen LogP contribution in [0.3, 0.4) is 0 Å². The van der Waals surface area contributed by atoms with Crippen LogP contribution in [0.4, 0.5) is 16.2 Å². The molecular weight excluding hydrogens is 546 g/mol. The van der Waals surface area contributed by atoms with E-state index in [-0.39, 0.29) is 23.1 Å². The Balaban J connectivity index is 1.80. The Hall–Kier alpha value is -5.12. The predicted molar refractivity (Wildman–Crippen MR) is 167 cm³/mol. The zero-order chi connectivity index (χ0) is 31.6. The number of amides is 3. The third-order valence-corrected chi connectivity index (χ3v) is 6.85. The molecule has 0 aliphatic carbocycles. The standard InChI is InChI=1S/C33H37N5O5/c1-19-11-9-12-20(2)27(19)23-15-24(18-26(17-23)37(8)32(41)43-33(4,5)6)29-35-21(3)28(38(29)42)31(40)36-25-14-10-13-22(16-25)30(39)34-7/h9-18,42H,1-8H3,(H,34,39)(H,36,40). The second kappa shape index (κ2) is 12.0. The highest BCUT2D eigenvalue weighted by atomic mass is 16.6. The summed E-state index contributed by atoms with van der Waals surface area (Å²) in [5.41, 5.74) is 5.12. The van der Waals surface area contributed by atoms with Gasteiger partial charge in [0.25, 0.3) is 11.8 Å². The van der Waals surface area contributed by atoms with Gasteiger partial charge in [-0.2, -0.15) is 4.73 Å². The van der Waals surface area contributed by atoms with E-state index in [9.17, 15) is 19.6 Å². The number of imidazole rings is 1. The zero-order valence-electron chi connectivity index (χ0n) is 25.7. The second-order valence-corrected chi connectivity index (χ2v) is 11.4. The summed E-state index contributed by atoms with van der Waals surface area (Å²) in [7, 11) is 3.14. The first-order valence-corrected chi connectivity index (χ1v) is 13.8. The molecular formula is C33H37N5O5. The molecule has 0 aliphatic rings. The van der Waals surface area contributed by atoms with Crippen molar-refractivity contribution in [2.75, 3.05) is 24.3 Å². The maximum absolute atomic E-state index is 13.3. The number of aromatic nitrogens is 2. The number of rotatable bonds is 6. The number of benzene rings is 3. The minimum absolute atomic E-state index is 0.0696. The molecule has 0 atom stereocenters. The lowest BCUT2D eigenvalue weighted by molar-refractivity contribution is 0.0589. The molecule has 0 aliphatic heterocycles. The van der Waals surface area contributed by atoms with Crippen LogP contribution < -0.4 is 15.5 Å². The van der Waals surface area contributed by atoms with Crippen LogP contribution in [0.1, 0.15) is 58.4 Å². The Morgan fingerprint density at radius 3 is 2.16 bits per heavy atom. The van der Waals surface area contributed by atoms with E-state index in [0.29, 0.717) is 22.5 Å². The van der Waals surface area contributed by atoms with Crippen molar-refractivity contribution in [3.8, 4) is 22.5 Å². The van der Waals surface area contributed by atoms with Crippen LogP contribution in [0, 0.1) is 20.8 Å². The number of nitrogens with one attached hydrogen (secondary N) is 2. The van der Waals surface area contributed by atoms with Gasteiger partial charge in [-0.1, -0.05) is 24.3 Å². The Kier molecular flexibility index (Phi) is 8.61. The van der Waals surface area contributed by atoms with E-state index in [2.05, 4.69) is 15.6 Å². The minimum Gasteiger partial charge on any atom is -0.443 e. The minimum atomic E-state index is -0.695. The number of carbonyl (C=O) groups excluding carboxylic acids is 3. The van der Waals surface area contributed by atoms with E-state index in [1.54, 1.807) is 59.0 Å². The molecule has 0 spiro atoms. The molecule has 0 radical (unpaired) electrons. The molecule has 3 N–H and O–H groups in total. The third kappa shape index (κ3) is 6.69. The van der Waals surface area contributed by atoms with Gasteiger partial charge in [0.15, 0.2) is 11.5 Å². The van der Waals surface area contributed by atoms with Crippen molar-refractivity contribution < 1.29 is 24.3 Å². The largest absolute Gasteiger partial charge is 0.443 e. The number of aryl methyl sites for hydroxylation is 3. The number of anilines is 2. The molecule has 3 aromatic carbocycles. The van der Waals surface area contributed by atoms with E-state index in [1.807, 2.05) is 44.2 Å². The lowest BCUT2D eigenvalue weighted by Gasteiger charge is -2.25. The Morgan fingerprint density at radius 1 is 0.907 bits per heavy atom. The van der Waals surface area contributed by atoms with Crippen LogP contribution in [0.5, 0.6) is 0 Å². The molecule has 10 heteroatoms. The topological polar surface area (TPSA) is 126 Å². The van der Waals surface area contributed by atoms with Crippen LogP contribution >= 0.6 is 0 Å². The molecule has 4 rings (SSSR count). The molecule has 4 aromatic rings. The smallest absolute Gasteiger partial charge is 0.414 e. The van der Waals surface area contributed by atoms with Crippen molar-refractivity contribution in [1.29, 1.82) is 0 Å². The molecule has 0 saturated carbocycles. The van der Waals surface area contributed by atoms with E-state index < -0.39 is 17.6 Å². The predicted octanol–water partition coefficient (Wildman–Crippen LogP) is 6.36. The molecule has 0 bridgehead atoms. The van der Waals surface area contributed by atoms with Crippen molar-refractivity contribution in [2.45, 2.75) is 47.1 Å². The number of hydrogen-bond acceptors (Lipinski definition) is 6. The van der Waals surface area contributed by atoms with Crippen LogP contribution in [0.15, 0.2) is 60.7 Å². The van der Waals surface area contributed by atoms with E-state index >= 15 is 0 Å². The fourth-order valence-corrected chi connectivity index (χ4v) is 4.82. The van der Waals surface area contributed by atoms with Crippen molar-refractivity contribution in [1.82, 2.24) is 15.0 Å². The summed E-state index contributed by atoms with van der Waals surface area (Å²) < 4.78 is 6.34. The van der Waals surface area contributed by atoms with E-state index in [4.69, 9.17) is 4.74 Å². The summed E-state index contributed by atoms with van der Waals surface area (Å²) in [6.45, 7) is 11.0. The Bertz CT molecular complexity index is 1700. The molecule has 0 saturated heterocycles. The van der Waals surface area contributed by atoms with Crippen LogP contribution in [0.2, 0.25) is 0 Å². The zero-order valence-corrected chi connectivity index (χ0v) is 25.7. The molecule has 10 nitrogen and oxygen atoms in total. The first-order valence-electron chi connectivity index (χ1n) is 13.8. The molecule has 1 aromatic heterocycles. The Labute approximate surface area is 251 Å². The first kappa shape index (κ1) is 30.8. The average Bonchev–Trinajstić information content (AvgIpc) is 3.24. The van der Waals surface area contributed by atoms with Gasteiger partial charge in [0.05, 0.1) is 5.69 Å². The number of carbonyl (C=O) groups is 3. The number of ether oxygens (including phenoxy) is 1. The van der Waals surface area contributed by atoms with E-state index in [0.717, 1.165) is 27.0 Å². The highest BCUT2D eigenvalue weighted by Crippen LogP contribution is 2.35. The molecule has 3 amide bonds. The SMILES string of the molecule is CNC(=O)c1cccc(NC(=O)c2c(C)nc(-c3cc(-c4c(C)cccc4C)cc(N(C)C(=O)OC(C)(C)C)c3)n2O)c1. The normalized spacial score (nSPS) is 11.2. The molecule has 224 valence electrons. The molecule has 0 fully saturated rings. The van der Waals surface area contributed by atoms with Crippen LogP contribution in [-0.2, 0) is 4.74 Å². The fourth-order valence-electron chi connectivity index (χ4n) is 4.82. The van der Waals surface area contributed by atoms with Crippen molar-refractivity contribution in [2.24, 2.45) is 0 Å². The Morgan fingerprint density at radius 2 is 1.53 bits per heavy atom. The molecule has 1 heterocycles. The quantitative estimate of drug-likeness (QED) is 0.227. The van der Waals surface area contributed by atoms with Crippen molar-refractivity contribution in [3.05, 3.63) is 88.7 Å². The summed E-state index contributed by atoms with van der Waals surface area (Å²) in [5, 5.41) is 16.6. The monoisotopic (exact) mass is 583 g/mol. The average molecular weight is 584 g/mol. The maximum Gasteiger partial charge on any atom is 0.414 e. The highest BCUT2D eigenvalue weighted by Gasteiger charge is 2.25. The van der Waals surface area contributed by atoms with Crippen molar-refractivity contribution >= 4 is 29.3 Å². The summed E-state index contributed by atoms with van der Waals surface area (Å²) in [6, 6.07) is 17.9. The summed E-state index contributed by atoms with van der Waals surface area (Å²) in [5.74, 6) is -0.781. The van der Waals surface area contributed by atoms with Crippen molar-refractivity contribution in [3.63, 3.8) is 0 Å². The van der Waals surface area contributed by atoms with Gasteiger partial charge < -0.3 is 20.6 Å². The third-order valence-electron chi connectivity index (χ3n) is 6.85. The highest BCUT2D eigenvalue weighted by molar-refractivity contribution is 6.05. The van der Waals surface area contributed by atoms with E-state index in [1.165, 1.54) is 18.0 Å². The van der Waals surface area contributed by atoms with Gasteiger partial charge in [-0.15, -0.1) is 0 Å². The van der Waals surface area contributed by atoms with Gasteiger partial charge in [0, 0.05) is 36.6 Å². The summed E-state index contributed by atoms with van der Waals surface area (Å²) >= 11 is 0. The summed E-state index contributed by atoms with van der Waals surface area (Å²) in [6.07, 6.45) is -0.542. The second-order valence-electron chi connectivity index (χ2n) is 11.4. The van der Waals surface area contributed by atoms with Gasteiger partial charge in [-0.25, -0.2) is 9.78 Å². The first-order chi connectivity index (χ1) is 20.2. The van der Waals surface area contributed by atoms with Crippen LogP contribution in [-0.4, -0.2) is 52.5 Å². The van der Waals surface area contributed by atoms with Gasteiger partial charge in [0.1, 0.15) is 5.60 Å². The summed E-state index contributed by atoms with van der Waals surface area (Å²) in [4.78, 5) is 44.3. The van der Waals surface area contributed by atoms with Gasteiger partial charge in [-0.3, -0.25) is 14.5 Å². The van der Waals surface area contributed by atoms with Gasteiger partial charge in [0.2, 0.25) is 0 Å². The van der Waals surface area contributed by atoms with Crippen LogP contribution in [0.25, 0.3) is 22.5 Å². The lowest BCUT2D eigenvalue weighted by Crippen LogP contribution is -2.34.